The van der Waals surface area contributed by atoms with Crippen LogP contribution in [0.3, 0.4) is 0 Å². The topological polar surface area (TPSA) is 66.8 Å². The van der Waals surface area contributed by atoms with Gasteiger partial charge in [-0.15, -0.1) is 0 Å². The molecule has 0 radical (unpaired) electrons. The molecule has 1 aliphatic rings. The van der Waals surface area contributed by atoms with Gasteiger partial charge in [-0.1, -0.05) is 0 Å². The molecule has 6 heteroatoms. The molecule has 2 rings (SSSR count). The Kier molecular flexibility index (Phi) is 4.67. The largest absolute Gasteiger partial charge is 0.494 e. The number of sulfonamides is 1. The van der Waals surface area contributed by atoms with Gasteiger partial charge in [0.25, 0.3) is 0 Å². The van der Waals surface area contributed by atoms with Gasteiger partial charge < -0.3 is 9.84 Å². The molecule has 0 aromatic heterocycles. The van der Waals surface area contributed by atoms with Crippen LogP contribution in [0, 0.1) is 6.92 Å². The minimum Gasteiger partial charge on any atom is -0.494 e. The van der Waals surface area contributed by atoms with Crippen molar-refractivity contribution in [3.05, 3.63) is 23.8 Å². The second kappa shape index (κ2) is 6.11. The van der Waals surface area contributed by atoms with Gasteiger partial charge in [-0.05, 0) is 50.5 Å². The highest BCUT2D eigenvalue weighted by atomic mass is 32.2. The van der Waals surface area contributed by atoms with Crippen LogP contribution in [0.4, 0.5) is 0 Å². The maximum atomic E-state index is 12.6. The molecule has 0 aliphatic carbocycles. The number of aryl methyl sites for hydroxylation is 1. The van der Waals surface area contributed by atoms with Gasteiger partial charge in [-0.2, -0.15) is 4.31 Å². The van der Waals surface area contributed by atoms with E-state index in [1.54, 1.807) is 18.2 Å². The lowest BCUT2D eigenvalue weighted by Crippen LogP contribution is -2.37. The SMILES string of the molecule is CCOc1ccc(S(=O)(=O)N2CCCC2CO)cc1C. The molecule has 1 N–H and O–H groups in total. The van der Waals surface area contributed by atoms with E-state index in [0.717, 1.165) is 12.0 Å². The molecule has 1 heterocycles. The summed E-state index contributed by atoms with van der Waals surface area (Å²) in [6, 6.07) is 4.59. The zero-order valence-corrected chi connectivity index (χ0v) is 12.7. The van der Waals surface area contributed by atoms with Crippen molar-refractivity contribution in [2.24, 2.45) is 0 Å². The summed E-state index contributed by atoms with van der Waals surface area (Å²) in [4.78, 5) is 0.263. The Balaban J connectivity index is 2.32. The van der Waals surface area contributed by atoms with Crippen LogP contribution in [-0.4, -0.2) is 43.6 Å². The Morgan fingerprint density at radius 2 is 2.20 bits per heavy atom. The molecule has 0 spiro atoms. The Labute approximate surface area is 120 Å². The third kappa shape index (κ3) is 2.82. The molecule has 112 valence electrons. The molecular weight excluding hydrogens is 278 g/mol. The lowest BCUT2D eigenvalue weighted by molar-refractivity contribution is 0.213. The first-order chi connectivity index (χ1) is 9.50. The lowest BCUT2D eigenvalue weighted by atomic mass is 10.2. The molecule has 5 nitrogen and oxygen atoms in total. The molecule has 1 aromatic rings. The number of rotatable bonds is 5. The fourth-order valence-corrected chi connectivity index (χ4v) is 4.31. The molecular formula is C14H21NO4S. The number of hydrogen-bond acceptors (Lipinski definition) is 4. The number of aliphatic hydroxyl groups is 1. The van der Waals surface area contributed by atoms with Gasteiger partial charge in [0.1, 0.15) is 5.75 Å². The van der Waals surface area contributed by atoms with Crippen molar-refractivity contribution >= 4 is 10.0 Å². The quantitative estimate of drug-likeness (QED) is 0.895. The van der Waals surface area contributed by atoms with Crippen molar-refractivity contribution in [2.45, 2.75) is 37.6 Å². The van der Waals surface area contributed by atoms with E-state index in [-0.39, 0.29) is 17.5 Å². The van der Waals surface area contributed by atoms with Crippen molar-refractivity contribution in [3.8, 4) is 5.75 Å². The molecule has 1 aromatic carbocycles. The number of ether oxygens (including phenoxy) is 1. The van der Waals surface area contributed by atoms with E-state index >= 15 is 0 Å². The van der Waals surface area contributed by atoms with Crippen LogP contribution in [0.5, 0.6) is 5.75 Å². The summed E-state index contributed by atoms with van der Waals surface area (Å²) in [5, 5.41) is 9.29. The van der Waals surface area contributed by atoms with Crippen molar-refractivity contribution < 1.29 is 18.3 Å². The molecule has 1 saturated heterocycles. The van der Waals surface area contributed by atoms with E-state index in [1.165, 1.54) is 4.31 Å². The number of benzene rings is 1. The highest BCUT2D eigenvalue weighted by Crippen LogP contribution is 2.28. The van der Waals surface area contributed by atoms with Crippen LogP contribution in [0.2, 0.25) is 0 Å². The highest BCUT2D eigenvalue weighted by Gasteiger charge is 2.34. The van der Waals surface area contributed by atoms with Crippen LogP contribution < -0.4 is 4.74 Å². The third-order valence-electron chi connectivity index (χ3n) is 3.59. The Bertz CT molecular complexity index is 571. The Morgan fingerprint density at radius 1 is 1.45 bits per heavy atom. The van der Waals surface area contributed by atoms with Crippen LogP contribution in [0.15, 0.2) is 23.1 Å². The molecule has 0 amide bonds. The van der Waals surface area contributed by atoms with Gasteiger partial charge in [0.15, 0.2) is 0 Å². The zero-order chi connectivity index (χ0) is 14.8. The maximum Gasteiger partial charge on any atom is 0.243 e. The molecule has 0 bridgehead atoms. The zero-order valence-electron chi connectivity index (χ0n) is 11.9. The van der Waals surface area contributed by atoms with Gasteiger partial charge in [-0.25, -0.2) is 8.42 Å². The molecule has 1 aliphatic heterocycles. The molecule has 20 heavy (non-hydrogen) atoms. The van der Waals surface area contributed by atoms with Gasteiger partial charge >= 0.3 is 0 Å². The minimum absolute atomic E-state index is 0.130. The molecule has 0 saturated carbocycles. The molecule has 1 atom stereocenters. The van der Waals surface area contributed by atoms with Crippen molar-refractivity contribution in [1.82, 2.24) is 4.31 Å². The normalized spacial score (nSPS) is 20.2. The fourth-order valence-electron chi connectivity index (χ4n) is 2.54. The first-order valence-electron chi connectivity index (χ1n) is 6.87. The summed E-state index contributed by atoms with van der Waals surface area (Å²) >= 11 is 0. The summed E-state index contributed by atoms with van der Waals surface area (Å²) in [5.41, 5.74) is 0.799. The number of nitrogens with zero attached hydrogens (tertiary/aromatic N) is 1. The van der Waals surface area contributed by atoms with E-state index < -0.39 is 10.0 Å². The Morgan fingerprint density at radius 3 is 2.80 bits per heavy atom. The highest BCUT2D eigenvalue weighted by molar-refractivity contribution is 7.89. The summed E-state index contributed by atoms with van der Waals surface area (Å²) in [7, 11) is -3.54. The van der Waals surface area contributed by atoms with Crippen LogP contribution in [0.25, 0.3) is 0 Å². The predicted molar refractivity (Wildman–Crippen MR) is 76.3 cm³/mol. The van der Waals surface area contributed by atoms with E-state index in [9.17, 15) is 13.5 Å². The lowest BCUT2D eigenvalue weighted by Gasteiger charge is -2.22. The standard InChI is InChI=1S/C14H21NO4S/c1-3-19-14-7-6-13(9-11(14)2)20(17,18)15-8-4-5-12(15)10-16/h6-7,9,12,16H,3-5,8,10H2,1-2H3. The average Bonchev–Trinajstić information content (AvgIpc) is 2.90. The van der Waals surface area contributed by atoms with Gasteiger partial charge in [0.2, 0.25) is 10.0 Å². The van der Waals surface area contributed by atoms with Crippen LogP contribution in [0.1, 0.15) is 25.3 Å². The summed E-state index contributed by atoms with van der Waals surface area (Å²) in [6.07, 6.45) is 1.51. The van der Waals surface area contributed by atoms with E-state index in [1.807, 2.05) is 13.8 Å². The van der Waals surface area contributed by atoms with E-state index in [0.29, 0.717) is 25.3 Å². The van der Waals surface area contributed by atoms with E-state index in [2.05, 4.69) is 0 Å². The van der Waals surface area contributed by atoms with Crippen LogP contribution >= 0.6 is 0 Å². The van der Waals surface area contributed by atoms with Gasteiger partial charge in [0.05, 0.1) is 18.1 Å². The fraction of sp³-hybridized carbons (Fsp3) is 0.571. The molecule has 1 fully saturated rings. The maximum absolute atomic E-state index is 12.6. The molecule has 1 unspecified atom stereocenters. The Hall–Kier alpha value is -1.11. The first kappa shape index (κ1) is 15.3. The van der Waals surface area contributed by atoms with Gasteiger partial charge in [0, 0.05) is 12.6 Å². The van der Waals surface area contributed by atoms with Crippen molar-refractivity contribution in [3.63, 3.8) is 0 Å². The summed E-state index contributed by atoms with van der Waals surface area (Å²) in [5.74, 6) is 0.701. The second-order valence-corrected chi connectivity index (χ2v) is 6.85. The summed E-state index contributed by atoms with van der Waals surface area (Å²) in [6.45, 7) is 4.61. The van der Waals surface area contributed by atoms with Crippen LogP contribution in [-0.2, 0) is 10.0 Å². The third-order valence-corrected chi connectivity index (χ3v) is 5.53. The monoisotopic (exact) mass is 299 g/mol. The minimum atomic E-state index is -3.54. The average molecular weight is 299 g/mol. The van der Waals surface area contributed by atoms with Crippen molar-refractivity contribution in [1.29, 1.82) is 0 Å². The van der Waals surface area contributed by atoms with E-state index in [4.69, 9.17) is 4.74 Å². The van der Waals surface area contributed by atoms with Gasteiger partial charge in [-0.3, -0.25) is 0 Å². The predicted octanol–water partition coefficient (Wildman–Crippen LogP) is 1.54. The second-order valence-electron chi connectivity index (χ2n) is 4.95. The smallest absolute Gasteiger partial charge is 0.243 e. The summed E-state index contributed by atoms with van der Waals surface area (Å²) < 4.78 is 32.0. The number of aliphatic hydroxyl groups excluding tert-OH is 1. The number of hydrogen-bond donors (Lipinski definition) is 1. The first-order valence-corrected chi connectivity index (χ1v) is 8.31. The van der Waals surface area contributed by atoms with Crippen molar-refractivity contribution in [2.75, 3.05) is 19.8 Å².